The molecule has 36 heavy (non-hydrogen) atoms. The molecule has 0 saturated carbocycles. The molecule has 1 fully saturated rings. The van der Waals surface area contributed by atoms with Gasteiger partial charge in [-0.2, -0.15) is 0 Å². The first kappa shape index (κ1) is 24.2. The van der Waals surface area contributed by atoms with Crippen molar-refractivity contribution in [3.05, 3.63) is 59.3 Å². The smallest absolute Gasteiger partial charge is 0.255 e. The maximum absolute atomic E-state index is 14.0. The van der Waals surface area contributed by atoms with Crippen LogP contribution in [0.1, 0.15) is 63.3 Å². The number of carbonyl (C=O) groups excluding carboxylic acids is 2. The molecule has 3 heterocycles. The number of carbonyl (C=O) groups is 2. The third-order valence-electron chi connectivity index (χ3n) is 7.95. The highest BCUT2D eigenvalue weighted by molar-refractivity contribution is 6.01. The van der Waals surface area contributed by atoms with Gasteiger partial charge in [-0.05, 0) is 56.0 Å². The lowest BCUT2D eigenvalue weighted by atomic mass is 9.76. The number of para-hydroxylation sites is 1. The van der Waals surface area contributed by atoms with Crippen molar-refractivity contribution in [3.8, 4) is 11.5 Å². The van der Waals surface area contributed by atoms with Crippen molar-refractivity contribution in [2.45, 2.75) is 58.0 Å². The van der Waals surface area contributed by atoms with E-state index in [-0.39, 0.29) is 30.3 Å². The first-order valence-corrected chi connectivity index (χ1v) is 12.9. The molecule has 1 N–H and O–H groups in total. The zero-order valence-corrected chi connectivity index (χ0v) is 21.8. The molecule has 0 bridgehead atoms. The van der Waals surface area contributed by atoms with Gasteiger partial charge >= 0.3 is 0 Å². The summed E-state index contributed by atoms with van der Waals surface area (Å²) >= 11 is 0. The zero-order chi connectivity index (χ0) is 25.6. The number of benzene rings is 2. The minimum absolute atomic E-state index is 0.00842. The van der Waals surface area contributed by atoms with Crippen LogP contribution in [0, 0.1) is 0 Å². The van der Waals surface area contributed by atoms with Gasteiger partial charge in [0.05, 0.1) is 19.4 Å². The molecule has 3 atom stereocenters. The minimum Gasteiger partial charge on any atom is -0.493 e. The fourth-order valence-electron chi connectivity index (χ4n) is 5.74. The van der Waals surface area contributed by atoms with Gasteiger partial charge in [-0.15, -0.1) is 0 Å². The molecule has 2 amide bonds. The summed E-state index contributed by atoms with van der Waals surface area (Å²) in [5, 5.41) is 1.07. The molecule has 0 aliphatic carbocycles. The Morgan fingerprint density at radius 3 is 2.64 bits per heavy atom. The summed E-state index contributed by atoms with van der Waals surface area (Å²) < 4.78 is 11.6. The Morgan fingerprint density at radius 2 is 1.92 bits per heavy atom. The van der Waals surface area contributed by atoms with E-state index in [2.05, 4.69) is 18.0 Å². The van der Waals surface area contributed by atoms with E-state index >= 15 is 0 Å². The van der Waals surface area contributed by atoms with Gasteiger partial charge in [0, 0.05) is 29.4 Å². The van der Waals surface area contributed by atoms with E-state index in [1.165, 1.54) is 0 Å². The minimum atomic E-state index is -1.09. The number of methoxy groups -OCH3 is 1. The summed E-state index contributed by atoms with van der Waals surface area (Å²) in [5.74, 6) is 1.20. The molecule has 2 aromatic carbocycles. The van der Waals surface area contributed by atoms with E-state index in [4.69, 9.17) is 9.47 Å². The lowest BCUT2D eigenvalue weighted by molar-refractivity contribution is -0.168. The maximum Gasteiger partial charge on any atom is 0.255 e. The second kappa shape index (κ2) is 9.19. The van der Waals surface area contributed by atoms with Crippen LogP contribution in [0.25, 0.3) is 10.9 Å². The summed E-state index contributed by atoms with van der Waals surface area (Å²) in [6.07, 6.45) is 1.70. The van der Waals surface area contributed by atoms with Gasteiger partial charge < -0.3 is 24.3 Å². The monoisotopic (exact) mass is 489 g/mol. The van der Waals surface area contributed by atoms with Gasteiger partial charge in [-0.1, -0.05) is 38.1 Å². The largest absolute Gasteiger partial charge is 0.493 e. The lowest BCUT2D eigenvalue weighted by Gasteiger charge is -2.52. The highest BCUT2D eigenvalue weighted by atomic mass is 16.5. The fourth-order valence-corrected chi connectivity index (χ4v) is 5.74. The van der Waals surface area contributed by atoms with Crippen LogP contribution in [-0.2, 0) is 15.1 Å². The number of ether oxygens (including phenoxy) is 2. The van der Waals surface area contributed by atoms with E-state index in [0.717, 1.165) is 40.6 Å². The van der Waals surface area contributed by atoms with Crippen molar-refractivity contribution >= 4 is 22.7 Å². The molecule has 2 aliphatic heterocycles. The van der Waals surface area contributed by atoms with Crippen molar-refractivity contribution in [1.29, 1.82) is 0 Å². The molecule has 1 saturated heterocycles. The first-order valence-electron chi connectivity index (χ1n) is 12.9. The molecule has 7 nitrogen and oxygen atoms in total. The molecule has 190 valence electrons. The summed E-state index contributed by atoms with van der Waals surface area (Å²) in [5.41, 5.74) is 2.77. The van der Waals surface area contributed by atoms with Gasteiger partial charge in [0.15, 0.2) is 17.0 Å². The fraction of sp³-hybridized carbons (Fsp3) is 0.448. The number of aromatic nitrogens is 1. The number of hydrogen-bond donors (Lipinski definition) is 1. The lowest BCUT2D eigenvalue weighted by Crippen LogP contribution is -2.68. The van der Waals surface area contributed by atoms with Gasteiger partial charge in [-0.3, -0.25) is 9.59 Å². The van der Waals surface area contributed by atoms with Crippen LogP contribution in [0.3, 0.4) is 0 Å². The van der Waals surface area contributed by atoms with Gasteiger partial charge in [0.25, 0.3) is 5.91 Å². The topological polar surface area (TPSA) is 74.9 Å². The third-order valence-corrected chi connectivity index (χ3v) is 7.95. The number of piperazine rings is 1. The van der Waals surface area contributed by atoms with Crippen molar-refractivity contribution in [3.63, 3.8) is 0 Å². The van der Waals surface area contributed by atoms with E-state index in [9.17, 15) is 9.59 Å². The molecule has 1 aromatic heterocycles. The second-order valence-electron chi connectivity index (χ2n) is 10.0. The van der Waals surface area contributed by atoms with E-state index in [1.807, 2.05) is 57.2 Å². The number of hydrogen-bond acceptors (Lipinski definition) is 4. The molecule has 0 spiro atoms. The second-order valence-corrected chi connectivity index (χ2v) is 10.0. The van der Waals surface area contributed by atoms with E-state index in [0.29, 0.717) is 24.7 Å². The number of nitrogens with one attached hydrogen (secondary N) is 1. The number of fused-ring (bicyclic) bond motifs is 5. The van der Waals surface area contributed by atoms with E-state index in [1.54, 1.807) is 16.9 Å². The number of aromatic amines is 1. The molecule has 3 aromatic rings. The van der Waals surface area contributed by atoms with Gasteiger partial charge in [0.1, 0.15) is 6.54 Å². The van der Waals surface area contributed by atoms with Crippen LogP contribution in [0.4, 0.5) is 0 Å². The average Bonchev–Trinajstić information content (AvgIpc) is 3.30. The highest BCUT2D eigenvalue weighted by Gasteiger charge is 2.56. The molecule has 0 radical (unpaired) electrons. The first-order chi connectivity index (χ1) is 17.3. The van der Waals surface area contributed by atoms with E-state index < -0.39 is 5.54 Å². The predicted octanol–water partition coefficient (Wildman–Crippen LogP) is 4.80. The molecule has 5 rings (SSSR count). The van der Waals surface area contributed by atoms with Crippen molar-refractivity contribution in [1.82, 2.24) is 14.8 Å². The molecular weight excluding hydrogens is 454 g/mol. The summed E-state index contributed by atoms with van der Waals surface area (Å²) in [4.78, 5) is 34.7. The number of nitrogens with zero attached hydrogens (tertiary/aromatic N) is 2. The standard InChI is InChI=1S/C29H35N3O4/c1-6-14-36-23-13-12-19(15-24(23)35-5)21-16-32-25(33)17-31(18(3)7-2)28(34)29(32,4)27-26(21)20-10-8-9-11-22(20)30-27/h8-13,15,18,21,30H,6-7,14,16-17H2,1-5H3/t18-,21-,29-/m0/s1. The Morgan fingerprint density at radius 1 is 1.14 bits per heavy atom. The predicted molar refractivity (Wildman–Crippen MR) is 139 cm³/mol. The Balaban J connectivity index is 1.69. The van der Waals surface area contributed by atoms with Crippen LogP contribution >= 0.6 is 0 Å². The normalized spacial score (nSPS) is 22.4. The van der Waals surface area contributed by atoms with Crippen LogP contribution < -0.4 is 9.47 Å². The number of H-pyrrole nitrogens is 1. The molecular formula is C29H35N3O4. The summed E-state index contributed by atoms with van der Waals surface area (Å²) in [6.45, 7) is 9.16. The number of rotatable bonds is 7. The van der Waals surface area contributed by atoms with Crippen molar-refractivity contribution < 1.29 is 19.1 Å². The Kier molecular flexibility index (Phi) is 6.18. The Hall–Kier alpha value is -3.48. The molecule has 0 unspecified atom stereocenters. The van der Waals surface area contributed by atoms with Gasteiger partial charge in [0.2, 0.25) is 5.91 Å². The SMILES string of the molecule is CCCOc1ccc([C@@H]2CN3C(=O)CN([C@@H](C)CC)C(=O)[C@]3(C)c3[nH]c4ccccc4c32)cc1OC. The van der Waals surface area contributed by atoms with Gasteiger partial charge in [-0.25, -0.2) is 0 Å². The molecule has 7 heteroatoms. The maximum atomic E-state index is 14.0. The summed E-state index contributed by atoms with van der Waals surface area (Å²) in [6, 6.07) is 14.1. The number of amides is 2. The van der Waals surface area contributed by atoms with Crippen molar-refractivity contribution in [2.24, 2.45) is 0 Å². The van der Waals surface area contributed by atoms with Crippen LogP contribution in [0.15, 0.2) is 42.5 Å². The summed E-state index contributed by atoms with van der Waals surface area (Å²) in [7, 11) is 1.64. The van der Waals surface area contributed by atoms with Crippen LogP contribution in [0.5, 0.6) is 11.5 Å². The third kappa shape index (κ3) is 3.55. The van der Waals surface area contributed by atoms with Crippen molar-refractivity contribution in [2.75, 3.05) is 26.8 Å². The quantitative estimate of drug-likeness (QED) is 0.518. The van der Waals surface area contributed by atoms with Crippen LogP contribution in [0.2, 0.25) is 0 Å². The van der Waals surface area contributed by atoms with Crippen LogP contribution in [-0.4, -0.2) is 59.4 Å². The Labute approximate surface area is 212 Å². The molecule has 2 aliphatic rings. The highest BCUT2D eigenvalue weighted by Crippen LogP contribution is 2.49. The average molecular weight is 490 g/mol. The zero-order valence-electron chi connectivity index (χ0n) is 21.8. The Bertz CT molecular complexity index is 1320.